The summed E-state index contributed by atoms with van der Waals surface area (Å²) in [4.78, 5) is 29.5. The molecule has 1 atom stereocenters. The summed E-state index contributed by atoms with van der Waals surface area (Å²) < 4.78 is 32.2. The monoisotopic (exact) mass is 585 g/mol. The average molecular weight is 586 g/mol. The molecular formula is C33H35N3O5S. The Hall–Kier alpha value is -4.47. The molecule has 4 rings (SSSR count). The number of carbonyl (C=O) groups is 2. The van der Waals surface area contributed by atoms with E-state index in [2.05, 4.69) is 5.32 Å². The highest BCUT2D eigenvalue weighted by atomic mass is 32.2. The number of carbonyl (C=O) groups excluding carboxylic acids is 2. The predicted molar refractivity (Wildman–Crippen MR) is 163 cm³/mol. The number of nitrogens with one attached hydrogen (secondary N) is 1. The number of sulfonamides is 1. The Labute approximate surface area is 247 Å². The van der Waals surface area contributed by atoms with Crippen LogP contribution in [0.4, 0.5) is 0 Å². The molecule has 1 unspecified atom stereocenters. The Kier molecular flexibility index (Phi) is 10.5. The molecule has 42 heavy (non-hydrogen) atoms. The Morgan fingerprint density at radius 2 is 1.29 bits per heavy atom. The molecule has 218 valence electrons. The molecule has 8 nitrogen and oxygen atoms in total. The summed E-state index contributed by atoms with van der Waals surface area (Å²) in [7, 11) is -2.19. The normalized spacial score (nSPS) is 12.0. The van der Waals surface area contributed by atoms with E-state index < -0.39 is 34.4 Å². The van der Waals surface area contributed by atoms with Gasteiger partial charge in [-0.25, -0.2) is 8.42 Å². The first-order valence-electron chi connectivity index (χ1n) is 13.5. The topological polar surface area (TPSA) is 96.0 Å². The number of para-hydroxylation sites is 1. The largest absolute Gasteiger partial charge is 0.496 e. The lowest BCUT2D eigenvalue weighted by Gasteiger charge is -2.33. The van der Waals surface area contributed by atoms with E-state index in [-0.39, 0.29) is 19.6 Å². The number of hydrogen-bond acceptors (Lipinski definition) is 5. The van der Waals surface area contributed by atoms with Crippen LogP contribution in [0, 0.1) is 0 Å². The standard InChI is InChI=1S/C33H35N3O5S/c1-41-30-21-13-12-20-29(30)22-34-33(38)32(28-18-10-5-11-19-28)36(24-27-16-8-4-9-17-27)31(37)25-35(42(2,39)40)23-26-14-6-3-7-15-26/h3-21,32H,22-25H2,1-2H3,(H,34,38). The van der Waals surface area contributed by atoms with Crippen molar-refractivity contribution in [2.45, 2.75) is 25.7 Å². The molecule has 0 saturated heterocycles. The lowest BCUT2D eigenvalue weighted by molar-refractivity contribution is -0.141. The van der Waals surface area contributed by atoms with E-state index in [1.165, 1.54) is 4.90 Å². The van der Waals surface area contributed by atoms with Gasteiger partial charge in [-0.15, -0.1) is 0 Å². The lowest BCUT2D eigenvalue weighted by atomic mass is 10.0. The SMILES string of the molecule is COc1ccccc1CNC(=O)C(c1ccccc1)N(Cc1ccccc1)C(=O)CN(Cc1ccccc1)S(C)(=O)=O. The minimum absolute atomic E-state index is 0.0284. The van der Waals surface area contributed by atoms with Crippen molar-refractivity contribution in [3.05, 3.63) is 138 Å². The van der Waals surface area contributed by atoms with E-state index in [1.807, 2.05) is 91.0 Å². The number of nitrogens with zero attached hydrogens (tertiary/aromatic N) is 2. The van der Waals surface area contributed by atoms with Gasteiger partial charge in [-0.1, -0.05) is 109 Å². The van der Waals surface area contributed by atoms with Crippen molar-refractivity contribution in [2.24, 2.45) is 0 Å². The smallest absolute Gasteiger partial charge is 0.247 e. The second kappa shape index (κ2) is 14.4. The van der Waals surface area contributed by atoms with Crippen LogP contribution in [-0.2, 0) is 39.2 Å². The number of benzene rings is 4. The molecule has 4 aromatic carbocycles. The van der Waals surface area contributed by atoms with Gasteiger partial charge in [0, 0.05) is 25.2 Å². The van der Waals surface area contributed by atoms with Crippen LogP contribution in [0.3, 0.4) is 0 Å². The molecular weight excluding hydrogens is 550 g/mol. The van der Waals surface area contributed by atoms with Crippen molar-refractivity contribution >= 4 is 21.8 Å². The molecule has 0 aliphatic rings. The van der Waals surface area contributed by atoms with Crippen LogP contribution in [0.5, 0.6) is 5.75 Å². The van der Waals surface area contributed by atoms with Gasteiger partial charge < -0.3 is 15.0 Å². The van der Waals surface area contributed by atoms with E-state index in [0.717, 1.165) is 27.3 Å². The Morgan fingerprint density at radius 3 is 1.86 bits per heavy atom. The Bertz CT molecular complexity index is 1570. The third-order valence-electron chi connectivity index (χ3n) is 6.82. The highest BCUT2D eigenvalue weighted by molar-refractivity contribution is 7.88. The van der Waals surface area contributed by atoms with Crippen LogP contribution >= 0.6 is 0 Å². The Morgan fingerprint density at radius 1 is 0.762 bits per heavy atom. The number of ether oxygens (including phenoxy) is 1. The van der Waals surface area contributed by atoms with Gasteiger partial charge in [-0.3, -0.25) is 9.59 Å². The third kappa shape index (κ3) is 8.28. The van der Waals surface area contributed by atoms with Gasteiger partial charge in [0.05, 0.1) is 19.9 Å². The molecule has 0 radical (unpaired) electrons. The fourth-order valence-electron chi connectivity index (χ4n) is 4.66. The molecule has 0 heterocycles. The van der Waals surface area contributed by atoms with E-state index in [1.54, 1.807) is 31.4 Å². The molecule has 4 aromatic rings. The second-order valence-electron chi connectivity index (χ2n) is 9.87. The maximum absolute atomic E-state index is 14.1. The summed E-state index contributed by atoms with van der Waals surface area (Å²) in [5, 5.41) is 2.97. The van der Waals surface area contributed by atoms with Gasteiger partial charge >= 0.3 is 0 Å². The van der Waals surface area contributed by atoms with Crippen LogP contribution < -0.4 is 10.1 Å². The summed E-state index contributed by atoms with van der Waals surface area (Å²) >= 11 is 0. The van der Waals surface area contributed by atoms with E-state index in [9.17, 15) is 18.0 Å². The van der Waals surface area contributed by atoms with E-state index in [0.29, 0.717) is 11.3 Å². The second-order valence-corrected chi connectivity index (χ2v) is 11.8. The van der Waals surface area contributed by atoms with Gasteiger partial charge in [0.15, 0.2) is 0 Å². The highest BCUT2D eigenvalue weighted by Crippen LogP contribution is 2.26. The van der Waals surface area contributed by atoms with Crippen LogP contribution in [0.1, 0.15) is 28.3 Å². The van der Waals surface area contributed by atoms with Gasteiger partial charge in [0.25, 0.3) is 0 Å². The number of rotatable bonds is 13. The zero-order valence-corrected chi connectivity index (χ0v) is 24.5. The molecule has 0 aliphatic heterocycles. The summed E-state index contributed by atoms with van der Waals surface area (Å²) in [6, 6.07) is 33.8. The fourth-order valence-corrected chi connectivity index (χ4v) is 5.39. The first-order valence-corrected chi connectivity index (χ1v) is 15.4. The first-order chi connectivity index (χ1) is 20.3. The Balaban J connectivity index is 1.69. The van der Waals surface area contributed by atoms with Gasteiger partial charge in [-0.2, -0.15) is 4.31 Å². The quantitative estimate of drug-likeness (QED) is 0.249. The number of hydrogen-bond donors (Lipinski definition) is 1. The fraction of sp³-hybridized carbons (Fsp3) is 0.212. The third-order valence-corrected chi connectivity index (χ3v) is 8.02. The molecule has 2 amide bonds. The molecule has 0 spiro atoms. The minimum Gasteiger partial charge on any atom is -0.496 e. The van der Waals surface area contributed by atoms with Crippen molar-refractivity contribution in [1.82, 2.24) is 14.5 Å². The highest BCUT2D eigenvalue weighted by Gasteiger charge is 2.33. The molecule has 0 aliphatic carbocycles. The maximum Gasteiger partial charge on any atom is 0.247 e. The number of methoxy groups -OCH3 is 1. The van der Waals surface area contributed by atoms with Crippen molar-refractivity contribution in [2.75, 3.05) is 19.9 Å². The van der Waals surface area contributed by atoms with Crippen LogP contribution in [0.15, 0.2) is 115 Å². The zero-order chi connectivity index (χ0) is 30.0. The van der Waals surface area contributed by atoms with Crippen molar-refractivity contribution in [3.8, 4) is 5.75 Å². The van der Waals surface area contributed by atoms with Gasteiger partial charge in [-0.05, 0) is 22.8 Å². The average Bonchev–Trinajstić information content (AvgIpc) is 3.00. The summed E-state index contributed by atoms with van der Waals surface area (Å²) in [5.41, 5.74) is 2.94. The van der Waals surface area contributed by atoms with Crippen LogP contribution in [0.25, 0.3) is 0 Å². The molecule has 9 heteroatoms. The summed E-state index contributed by atoms with van der Waals surface area (Å²) in [5.74, 6) is -0.261. The van der Waals surface area contributed by atoms with E-state index >= 15 is 0 Å². The summed E-state index contributed by atoms with van der Waals surface area (Å²) in [6.45, 7) is -0.114. The molecule has 1 N–H and O–H groups in total. The number of amides is 2. The molecule has 0 bridgehead atoms. The maximum atomic E-state index is 14.1. The van der Waals surface area contributed by atoms with Gasteiger partial charge in [0.1, 0.15) is 11.8 Å². The molecule has 0 fully saturated rings. The lowest BCUT2D eigenvalue weighted by Crippen LogP contribution is -2.47. The molecule has 0 aromatic heterocycles. The van der Waals surface area contributed by atoms with Crippen molar-refractivity contribution in [3.63, 3.8) is 0 Å². The molecule has 0 saturated carbocycles. The predicted octanol–water partition coefficient (Wildman–Crippen LogP) is 4.54. The van der Waals surface area contributed by atoms with Crippen molar-refractivity contribution in [1.29, 1.82) is 0 Å². The van der Waals surface area contributed by atoms with Crippen molar-refractivity contribution < 1.29 is 22.7 Å². The minimum atomic E-state index is -3.76. The van der Waals surface area contributed by atoms with Gasteiger partial charge in [0.2, 0.25) is 21.8 Å². The van der Waals surface area contributed by atoms with E-state index in [4.69, 9.17) is 4.74 Å². The first kappa shape index (κ1) is 30.5. The van der Waals surface area contributed by atoms with Crippen LogP contribution in [0.2, 0.25) is 0 Å². The summed E-state index contributed by atoms with van der Waals surface area (Å²) in [6.07, 6.45) is 1.08. The zero-order valence-electron chi connectivity index (χ0n) is 23.7. The van der Waals surface area contributed by atoms with Crippen LogP contribution in [-0.4, -0.2) is 49.3 Å².